The molecule has 0 spiro atoms. The molecule has 0 amide bonds. The van der Waals surface area contributed by atoms with Crippen LogP contribution in [0, 0.1) is 0 Å². The van der Waals surface area contributed by atoms with E-state index >= 15 is 0 Å². The first-order valence-electron chi connectivity index (χ1n) is 8.78. The summed E-state index contributed by atoms with van der Waals surface area (Å²) in [6.45, 7) is 10.3. The van der Waals surface area contributed by atoms with E-state index in [1.165, 1.54) is 12.5 Å². The number of ether oxygens (including phenoxy) is 1. The smallest absolute Gasteiger partial charge is 0.308 e. The molecule has 0 aromatic heterocycles. The summed E-state index contributed by atoms with van der Waals surface area (Å²) in [7, 11) is -1.46. The molecule has 3 nitrogen and oxygen atoms in total. The van der Waals surface area contributed by atoms with E-state index in [1.54, 1.807) is 0 Å². The highest BCUT2D eigenvalue weighted by molar-refractivity contribution is 6.69. The van der Waals surface area contributed by atoms with E-state index in [-0.39, 0.29) is 5.97 Å². The van der Waals surface area contributed by atoms with Gasteiger partial charge in [0.1, 0.15) is 5.75 Å². The molecule has 0 saturated heterocycles. The summed E-state index contributed by atoms with van der Waals surface area (Å²) in [5.74, 6) is 0.272. The molecule has 2 aromatic carbocycles. The van der Waals surface area contributed by atoms with E-state index in [4.69, 9.17) is 9.16 Å². The fourth-order valence-electron chi connectivity index (χ4n) is 2.78. The number of esters is 1. The van der Waals surface area contributed by atoms with Crippen molar-refractivity contribution < 1.29 is 14.0 Å². The number of rotatable bonds is 7. The normalized spacial score (nSPS) is 12.7. The fraction of sp³-hybridized carbons (Fsp3) is 0.381. The van der Waals surface area contributed by atoms with Gasteiger partial charge in [-0.05, 0) is 68.2 Å². The van der Waals surface area contributed by atoms with Crippen molar-refractivity contribution in [2.75, 3.05) is 0 Å². The average Bonchev–Trinajstić information content (AvgIpc) is 2.52. The van der Waals surface area contributed by atoms with Crippen LogP contribution in [0.15, 0.2) is 48.5 Å². The molecule has 0 aliphatic heterocycles. The molecular weight excluding hydrogens is 328 g/mol. The topological polar surface area (TPSA) is 35.5 Å². The molecule has 134 valence electrons. The van der Waals surface area contributed by atoms with Crippen molar-refractivity contribution in [3.05, 3.63) is 54.1 Å². The van der Waals surface area contributed by atoms with Crippen molar-refractivity contribution in [2.24, 2.45) is 0 Å². The van der Waals surface area contributed by atoms with E-state index in [0.717, 1.165) is 24.0 Å². The standard InChI is InChI=1S/C21H28O3Si/c1-16(24-25(3,4)5)6-7-18-8-10-19(11-9-18)20-12-14-21(15-13-20)23-17(2)22/h8-16H,6-7H2,1-5H3. The molecule has 0 radical (unpaired) electrons. The Kier molecular flexibility index (Phi) is 6.56. The van der Waals surface area contributed by atoms with Crippen LogP contribution in [-0.2, 0) is 15.6 Å². The number of carbonyl (C=O) groups excluding carboxylic acids is 1. The highest BCUT2D eigenvalue weighted by Gasteiger charge is 2.17. The maximum Gasteiger partial charge on any atom is 0.308 e. The van der Waals surface area contributed by atoms with Gasteiger partial charge in [-0.15, -0.1) is 0 Å². The van der Waals surface area contributed by atoms with Gasteiger partial charge >= 0.3 is 5.97 Å². The van der Waals surface area contributed by atoms with Crippen LogP contribution in [0.3, 0.4) is 0 Å². The van der Waals surface area contributed by atoms with Gasteiger partial charge in [-0.2, -0.15) is 0 Å². The quantitative estimate of drug-likeness (QED) is 0.376. The molecule has 25 heavy (non-hydrogen) atoms. The van der Waals surface area contributed by atoms with Gasteiger partial charge in [0, 0.05) is 13.0 Å². The summed E-state index contributed by atoms with van der Waals surface area (Å²) in [5, 5.41) is 0. The molecule has 0 fully saturated rings. The lowest BCUT2D eigenvalue weighted by Crippen LogP contribution is -2.30. The number of benzene rings is 2. The zero-order chi connectivity index (χ0) is 18.4. The van der Waals surface area contributed by atoms with Crippen molar-refractivity contribution in [2.45, 2.75) is 52.4 Å². The lowest BCUT2D eigenvalue weighted by molar-refractivity contribution is -0.131. The molecule has 2 aromatic rings. The highest BCUT2D eigenvalue weighted by Crippen LogP contribution is 2.23. The van der Waals surface area contributed by atoms with Gasteiger partial charge in [-0.3, -0.25) is 4.79 Å². The molecule has 1 atom stereocenters. The number of hydrogen-bond acceptors (Lipinski definition) is 3. The van der Waals surface area contributed by atoms with E-state index in [1.807, 2.05) is 24.3 Å². The Labute approximate surface area is 152 Å². The Morgan fingerprint density at radius 1 is 0.960 bits per heavy atom. The van der Waals surface area contributed by atoms with Gasteiger partial charge in [0.2, 0.25) is 0 Å². The van der Waals surface area contributed by atoms with Crippen LogP contribution in [0.25, 0.3) is 11.1 Å². The number of carbonyl (C=O) groups is 1. The molecule has 0 aliphatic rings. The maximum atomic E-state index is 11.0. The molecule has 0 saturated carbocycles. The average molecular weight is 357 g/mol. The lowest BCUT2D eigenvalue weighted by Gasteiger charge is -2.23. The van der Waals surface area contributed by atoms with E-state index in [0.29, 0.717) is 11.9 Å². The summed E-state index contributed by atoms with van der Waals surface area (Å²) in [5.41, 5.74) is 3.59. The molecule has 1 unspecified atom stereocenters. The zero-order valence-electron chi connectivity index (χ0n) is 15.8. The maximum absolute atomic E-state index is 11.0. The largest absolute Gasteiger partial charge is 0.427 e. The van der Waals surface area contributed by atoms with Crippen molar-refractivity contribution in [3.63, 3.8) is 0 Å². The molecule has 0 bridgehead atoms. The Morgan fingerprint density at radius 2 is 1.48 bits per heavy atom. The number of aryl methyl sites for hydroxylation is 1. The predicted molar refractivity (Wildman–Crippen MR) is 105 cm³/mol. The second-order valence-corrected chi connectivity index (χ2v) is 11.9. The van der Waals surface area contributed by atoms with Crippen molar-refractivity contribution in [1.82, 2.24) is 0 Å². The van der Waals surface area contributed by atoms with Gasteiger partial charge in [0.15, 0.2) is 8.32 Å². The molecule has 0 heterocycles. The first-order valence-corrected chi connectivity index (χ1v) is 12.2. The van der Waals surface area contributed by atoms with Crippen molar-refractivity contribution >= 4 is 14.3 Å². The van der Waals surface area contributed by atoms with Gasteiger partial charge in [0.05, 0.1) is 0 Å². The third-order valence-corrected chi connectivity index (χ3v) is 4.91. The molecule has 0 aliphatic carbocycles. The van der Waals surface area contributed by atoms with Gasteiger partial charge in [-0.25, -0.2) is 0 Å². The van der Waals surface area contributed by atoms with E-state index in [2.05, 4.69) is 50.8 Å². The second kappa shape index (κ2) is 8.45. The van der Waals surface area contributed by atoms with Crippen LogP contribution in [0.5, 0.6) is 5.75 Å². The predicted octanol–water partition coefficient (Wildman–Crippen LogP) is 5.45. The summed E-state index contributed by atoms with van der Waals surface area (Å²) >= 11 is 0. The SMILES string of the molecule is CC(=O)Oc1ccc(-c2ccc(CCC(C)O[Si](C)(C)C)cc2)cc1. The minimum atomic E-state index is -1.46. The zero-order valence-corrected chi connectivity index (χ0v) is 16.8. The van der Waals surface area contributed by atoms with Crippen LogP contribution in [0.2, 0.25) is 19.6 Å². The summed E-state index contributed by atoms with van der Waals surface area (Å²) < 4.78 is 11.2. The highest BCUT2D eigenvalue weighted by atomic mass is 28.4. The molecule has 0 N–H and O–H groups in total. The number of hydrogen-bond donors (Lipinski definition) is 0. The molecule has 2 rings (SSSR count). The third-order valence-electron chi connectivity index (χ3n) is 3.80. The van der Waals surface area contributed by atoms with Gasteiger partial charge < -0.3 is 9.16 Å². The van der Waals surface area contributed by atoms with Gasteiger partial charge in [0.25, 0.3) is 0 Å². The first kappa shape index (κ1) is 19.4. The monoisotopic (exact) mass is 356 g/mol. The minimum Gasteiger partial charge on any atom is -0.427 e. The van der Waals surface area contributed by atoms with Crippen molar-refractivity contribution in [3.8, 4) is 16.9 Å². The van der Waals surface area contributed by atoms with E-state index < -0.39 is 8.32 Å². The van der Waals surface area contributed by atoms with Crippen LogP contribution in [-0.4, -0.2) is 20.4 Å². The van der Waals surface area contributed by atoms with Crippen LogP contribution in [0.1, 0.15) is 25.8 Å². The third kappa shape index (κ3) is 6.84. The van der Waals surface area contributed by atoms with Crippen LogP contribution >= 0.6 is 0 Å². The molecule has 4 heteroatoms. The summed E-state index contributed by atoms with van der Waals surface area (Å²) in [6, 6.07) is 16.2. The molecular formula is C21H28O3Si. The van der Waals surface area contributed by atoms with Crippen LogP contribution in [0.4, 0.5) is 0 Å². The Balaban J connectivity index is 1.94. The minimum absolute atomic E-state index is 0.301. The second-order valence-electron chi connectivity index (χ2n) is 7.39. The van der Waals surface area contributed by atoms with Gasteiger partial charge in [-0.1, -0.05) is 36.4 Å². The van der Waals surface area contributed by atoms with E-state index in [9.17, 15) is 4.79 Å². The Hall–Kier alpha value is -1.91. The Morgan fingerprint density at radius 3 is 1.96 bits per heavy atom. The van der Waals surface area contributed by atoms with Crippen LogP contribution < -0.4 is 4.74 Å². The first-order chi connectivity index (χ1) is 11.7. The van der Waals surface area contributed by atoms with Crippen molar-refractivity contribution in [1.29, 1.82) is 0 Å². The summed E-state index contributed by atoms with van der Waals surface area (Å²) in [4.78, 5) is 11.0. The lowest BCUT2D eigenvalue weighted by atomic mass is 10.0. The Bertz CT molecular complexity index is 685. The summed E-state index contributed by atoms with van der Waals surface area (Å²) in [6.07, 6.45) is 2.37. The fourth-order valence-corrected chi connectivity index (χ4v) is 4.10.